The van der Waals surface area contributed by atoms with Crippen molar-refractivity contribution in [1.82, 2.24) is 20.2 Å². The van der Waals surface area contributed by atoms with E-state index in [2.05, 4.69) is 22.4 Å². The largest absolute Gasteiger partial charge is 0.390 e. The number of tetrazole rings is 1. The van der Waals surface area contributed by atoms with Gasteiger partial charge in [-0.3, -0.25) is 0 Å². The molecule has 0 amide bonds. The van der Waals surface area contributed by atoms with Crippen molar-refractivity contribution >= 4 is 11.8 Å². The number of aliphatic hydroxyl groups excluding tert-OH is 1. The van der Waals surface area contributed by atoms with Crippen LogP contribution in [0.15, 0.2) is 35.5 Å². The van der Waals surface area contributed by atoms with Crippen LogP contribution in [0.5, 0.6) is 0 Å². The topological polar surface area (TPSA) is 91.5 Å². The van der Waals surface area contributed by atoms with Crippen LogP contribution in [0.3, 0.4) is 0 Å². The zero-order chi connectivity index (χ0) is 20.4. The normalized spacial score (nSPS) is 29.1. The molecule has 2 aliphatic heterocycles. The molecule has 1 aromatic carbocycles. The zero-order valence-corrected chi connectivity index (χ0v) is 17.8. The van der Waals surface area contributed by atoms with Crippen molar-refractivity contribution < 1.29 is 19.3 Å². The van der Waals surface area contributed by atoms with E-state index in [1.54, 1.807) is 4.68 Å². The molecule has 0 saturated carbocycles. The van der Waals surface area contributed by atoms with Gasteiger partial charge < -0.3 is 19.3 Å². The van der Waals surface area contributed by atoms with Crippen molar-refractivity contribution in [2.45, 2.75) is 81.5 Å². The Kier molecular flexibility index (Phi) is 6.21. The van der Waals surface area contributed by atoms with Crippen LogP contribution in [-0.4, -0.2) is 67.4 Å². The molecule has 2 saturated heterocycles. The van der Waals surface area contributed by atoms with Gasteiger partial charge >= 0.3 is 0 Å². The number of thioether (sulfide) groups is 1. The molecule has 4 rings (SSSR count). The summed E-state index contributed by atoms with van der Waals surface area (Å²) in [5.41, 5.74) is 0.902. The molecule has 1 unspecified atom stereocenters. The molecule has 3 heterocycles. The SMILES string of the molecule is CCCC[C@@H](O)[C@@H]1OC(CSc2nnnn2-c2ccccc2)[C@@H]2OC(C)(C)O[C@H]12. The van der Waals surface area contributed by atoms with Crippen LogP contribution in [0.4, 0.5) is 0 Å². The molecule has 0 spiro atoms. The molecule has 5 atom stereocenters. The second kappa shape index (κ2) is 8.69. The summed E-state index contributed by atoms with van der Waals surface area (Å²) in [6, 6.07) is 9.77. The van der Waals surface area contributed by atoms with Crippen molar-refractivity contribution in [2.75, 3.05) is 5.75 Å². The van der Waals surface area contributed by atoms with Crippen LogP contribution in [-0.2, 0) is 14.2 Å². The number of nitrogens with zero attached hydrogens (tertiary/aromatic N) is 4. The van der Waals surface area contributed by atoms with Crippen molar-refractivity contribution in [3.05, 3.63) is 30.3 Å². The van der Waals surface area contributed by atoms with Crippen LogP contribution < -0.4 is 0 Å². The third kappa shape index (κ3) is 4.49. The number of hydrogen-bond donors (Lipinski definition) is 1. The maximum absolute atomic E-state index is 10.7. The fraction of sp³-hybridized carbons (Fsp3) is 0.650. The molecule has 0 aliphatic carbocycles. The number of hydrogen-bond acceptors (Lipinski definition) is 8. The van der Waals surface area contributed by atoms with Gasteiger partial charge in [-0.05, 0) is 42.8 Å². The van der Waals surface area contributed by atoms with Gasteiger partial charge in [-0.15, -0.1) is 5.10 Å². The van der Waals surface area contributed by atoms with Crippen LogP contribution in [0.25, 0.3) is 5.69 Å². The minimum atomic E-state index is -0.684. The summed E-state index contributed by atoms with van der Waals surface area (Å²) in [6.07, 6.45) is 1.02. The highest BCUT2D eigenvalue weighted by atomic mass is 32.2. The Labute approximate surface area is 174 Å². The third-order valence-corrected chi connectivity index (χ3v) is 6.24. The van der Waals surface area contributed by atoms with E-state index < -0.39 is 11.9 Å². The Morgan fingerprint density at radius 3 is 2.72 bits per heavy atom. The highest BCUT2D eigenvalue weighted by Crippen LogP contribution is 2.41. The lowest BCUT2D eigenvalue weighted by molar-refractivity contribution is -0.194. The quantitative estimate of drug-likeness (QED) is 0.652. The van der Waals surface area contributed by atoms with E-state index >= 15 is 0 Å². The smallest absolute Gasteiger partial charge is 0.214 e. The lowest BCUT2D eigenvalue weighted by Crippen LogP contribution is -2.38. The molecule has 0 radical (unpaired) electrons. The lowest BCUT2D eigenvalue weighted by Gasteiger charge is -2.26. The first-order valence-corrected chi connectivity index (χ1v) is 11.1. The first-order valence-electron chi connectivity index (χ1n) is 10.1. The van der Waals surface area contributed by atoms with E-state index in [0.717, 1.165) is 18.5 Å². The number of fused-ring (bicyclic) bond motifs is 1. The van der Waals surface area contributed by atoms with Gasteiger partial charge in [0.15, 0.2) is 5.79 Å². The first kappa shape index (κ1) is 20.7. The van der Waals surface area contributed by atoms with Gasteiger partial charge in [-0.1, -0.05) is 49.7 Å². The Morgan fingerprint density at radius 1 is 1.21 bits per heavy atom. The number of benzene rings is 1. The molecule has 1 aromatic heterocycles. The maximum Gasteiger partial charge on any atom is 0.214 e. The van der Waals surface area contributed by atoms with E-state index in [0.29, 0.717) is 17.3 Å². The highest BCUT2D eigenvalue weighted by Gasteiger charge is 2.56. The van der Waals surface area contributed by atoms with Crippen molar-refractivity contribution in [2.24, 2.45) is 0 Å². The Morgan fingerprint density at radius 2 is 1.97 bits per heavy atom. The third-order valence-electron chi connectivity index (χ3n) is 5.24. The molecule has 1 N–H and O–H groups in total. The van der Waals surface area contributed by atoms with Crippen molar-refractivity contribution in [3.63, 3.8) is 0 Å². The average Bonchev–Trinajstić information content (AvgIpc) is 3.38. The minimum Gasteiger partial charge on any atom is -0.390 e. The summed E-state index contributed by atoms with van der Waals surface area (Å²) >= 11 is 1.51. The van der Waals surface area contributed by atoms with Crippen molar-refractivity contribution in [1.29, 1.82) is 0 Å². The van der Waals surface area contributed by atoms with Gasteiger partial charge in [-0.25, -0.2) is 0 Å². The van der Waals surface area contributed by atoms with E-state index in [1.807, 2.05) is 44.2 Å². The van der Waals surface area contributed by atoms with E-state index in [9.17, 15) is 5.11 Å². The van der Waals surface area contributed by atoms with Crippen molar-refractivity contribution in [3.8, 4) is 5.69 Å². The van der Waals surface area contributed by atoms with Crippen LogP contribution in [0.2, 0.25) is 0 Å². The first-order chi connectivity index (χ1) is 14.0. The summed E-state index contributed by atoms with van der Waals surface area (Å²) in [6.45, 7) is 5.92. The number of ether oxygens (including phenoxy) is 3. The van der Waals surface area contributed by atoms with Gasteiger partial charge in [0, 0.05) is 5.75 Å². The molecule has 9 heteroatoms. The van der Waals surface area contributed by atoms with Gasteiger partial charge in [0.2, 0.25) is 5.16 Å². The predicted octanol–water partition coefficient (Wildman–Crippen LogP) is 2.59. The van der Waals surface area contributed by atoms with Crippen LogP contribution >= 0.6 is 11.8 Å². The monoisotopic (exact) mass is 420 g/mol. The standard InChI is InChI=1S/C20H28N4O4S/c1-4-5-11-14(25)16-18-17(27-20(2,3)28-18)15(26-16)12-29-19-21-22-23-24(19)13-9-7-6-8-10-13/h6-10,14-18,25H,4-5,11-12H2,1-3H3/t14-,15?,16+,17+,18-/m1/s1. The Balaban J connectivity index is 1.46. The minimum absolute atomic E-state index is 0.214. The number of rotatable bonds is 8. The number of aliphatic hydroxyl groups is 1. The summed E-state index contributed by atoms with van der Waals surface area (Å²) in [4.78, 5) is 0. The van der Waals surface area contributed by atoms with Crippen LogP contribution in [0.1, 0.15) is 40.0 Å². The van der Waals surface area contributed by atoms with Gasteiger partial charge in [-0.2, -0.15) is 4.68 Å². The second-order valence-corrected chi connectivity index (χ2v) is 8.92. The van der Waals surface area contributed by atoms with Gasteiger partial charge in [0.1, 0.15) is 18.3 Å². The molecule has 2 aromatic rings. The molecule has 8 nitrogen and oxygen atoms in total. The number of unbranched alkanes of at least 4 members (excludes halogenated alkanes) is 1. The molecular weight excluding hydrogens is 392 g/mol. The number of aromatic nitrogens is 4. The van der Waals surface area contributed by atoms with Crippen LogP contribution in [0, 0.1) is 0 Å². The molecule has 2 aliphatic rings. The molecule has 29 heavy (non-hydrogen) atoms. The summed E-state index contributed by atoms with van der Waals surface area (Å²) < 4.78 is 20.1. The fourth-order valence-electron chi connectivity index (χ4n) is 3.89. The molecule has 158 valence electrons. The molecular formula is C20H28N4O4S. The highest BCUT2D eigenvalue weighted by molar-refractivity contribution is 7.99. The van der Waals surface area contributed by atoms with Gasteiger partial charge in [0.25, 0.3) is 0 Å². The second-order valence-electron chi connectivity index (χ2n) is 7.93. The average molecular weight is 421 g/mol. The predicted molar refractivity (Wildman–Crippen MR) is 108 cm³/mol. The van der Waals surface area contributed by atoms with E-state index in [1.165, 1.54) is 11.8 Å². The van der Waals surface area contributed by atoms with E-state index in [-0.39, 0.29) is 24.4 Å². The number of para-hydroxylation sites is 1. The fourth-order valence-corrected chi connectivity index (χ4v) is 4.83. The lowest BCUT2D eigenvalue weighted by atomic mass is 10.0. The summed E-state index contributed by atoms with van der Waals surface area (Å²) in [5, 5.41) is 23.4. The Hall–Kier alpha value is -1.52. The summed E-state index contributed by atoms with van der Waals surface area (Å²) in [5.74, 6) is -0.0822. The Bertz CT molecular complexity index is 803. The summed E-state index contributed by atoms with van der Waals surface area (Å²) in [7, 11) is 0. The van der Waals surface area contributed by atoms with Gasteiger partial charge in [0.05, 0.1) is 17.9 Å². The maximum atomic E-state index is 10.7. The zero-order valence-electron chi connectivity index (χ0n) is 17.0. The molecule has 0 bridgehead atoms. The molecule has 2 fully saturated rings. The van der Waals surface area contributed by atoms with E-state index in [4.69, 9.17) is 14.2 Å².